The first-order valence-electron chi connectivity index (χ1n) is 7.37. The van der Waals surface area contributed by atoms with Gasteiger partial charge in [-0.25, -0.2) is 4.79 Å². The summed E-state index contributed by atoms with van der Waals surface area (Å²) in [6.45, 7) is 11.2. The summed E-state index contributed by atoms with van der Waals surface area (Å²) in [4.78, 5) is 12.1. The quantitative estimate of drug-likeness (QED) is 0.857. The Labute approximate surface area is 120 Å². The van der Waals surface area contributed by atoms with E-state index in [0.717, 1.165) is 35.2 Å². The average molecular weight is 273 g/mol. The van der Waals surface area contributed by atoms with E-state index >= 15 is 0 Å². The Bertz CT molecular complexity index is 698. The minimum atomic E-state index is -0.203. The second-order valence-corrected chi connectivity index (χ2v) is 5.13. The van der Waals surface area contributed by atoms with Crippen LogP contribution in [0, 0.1) is 13.8 Å². The van der Waals surface area contributed by atoms with Crippen molar-refractivity contribution >= 4 is 16.7 Å². The molecule has 0 aliphatic rings. The number of hydrogen-bond donors (Lipinski definition) is 1. The van der Waals surface area contributed by atoms with E-state index in [9.17, 15) is 4.79 Å². The lowest BCUT2D eigenvalue weighted by molar-refractivity contribution is 0.549. The molecule has 2 rings (SSSR count). The van der Waals surface area contributed by atoms with Crippen molar-refractivity contribution in [2.24, 2.45) is 0 Å². The van der Waals surface area contributed by atoms with E-state index < -0.39 is 0 Å². The zero-order valence-corrected chi connectivity index (χ0v) is 13.0. The Morgan fingerprint density at radius 3 is 2.25 bits per heavy atom. The zero-order chi connectivity index (χ0) is 14.9. The largest absolute Gasteiger partial charge is 0.422 e. The fourth-order valence-electron chi connectivity index (χ4n) is 2.99. The smallest absolute Gasteiger partial charge is 0.339 e. The highest BCUT2D eigenvalue weighted by Gasteiger charge is 2.16. The molecular formula is C17H23NO2. The van der Waals surface area contributed by atoms with Crippen molar-refractivity contribution < 1.29 is 4.42 Å². The number of anilines is 1. The summed E-state index contributed by atoms with van der Waals surface area (Å²) in [5.41, 5.74) is 5.94. The van der Waals surface area contributed by atoms with Crippen LogP contribution in [-0.2, 0) is 12.8 Å². The molecule has 0 bridgehead atoms. The van der Waals surface area contributed by atoms with Crippen molar-refractivity contribution in [3.63, 3.8) is 0 Å². The first kappa shape index (κ1) is 14.6. The standard InChI is InChI=1S/C17H23NO2/c1-6-12-10(4)14(18-8-3)9-15-16(12)11(5)13(7-2)17(19)20-15/h9,18H,6-8H2,1-5H3. The monoisotopic (exact) mass is 273 g/mol. The molecular weight excluding hydrogens is 250 g/mol. The molecule has 1 aromatic heterocycles. The molecule has 0 aliphatic carbocycles. The van der Waals surface area contributed by atoms with Crippen LogP contribution in [0.4, 0.5) is 5.69 Å². The fraction of sp³-hybridized carbons (Fsp3) is 0.471. The SMILES string of the molecule is CCNc1cc2oc(=O)c(CC)c(C)c2c(CC)c1C. The molecule has 0 atom stereocenters. The van der Waals surface area contributed by atoms with Gasteiger partial charge in [0.25, 0.3) is 0 Å². The predicted octanol–water partition coefficient (Wildman–Crippen LogP) is 3.97. The van der Waals surface area contributed by atoms with Crippen molar-refractivity contribution in [2.45, 2.75) is 47.5 Å². The maximum absolute atomic E-state index is 12.1. The molecule has 0 saturated heterocycles. The van der Waals surface area contributed by atoms with Gasteiger partial charge in [-0.15, -0.1) is 0 Å². The minimum Gasteiger partial charge on any atom is -0.422 e. The molecule has 3 heteroatoms. The van der Waals surface area contributed by atoms with Gasteiger partial charge in [-0.2, -0.15) is 0 Å². The number of benzene rings is 1. The molecule has 2 aromatic rings. The van der Waals surface area contributed by atoms with E-state index in [4.69, 9.17) is 4.42 Å². The van der Waals surface area contributed by atoms with Crippen LogP contribution >= 0.6 is 0 Å². The summed E-state index contributed by atoms with van der Waals surface area (Å²) in [7, 11) is 0. The third kappa shape index (κ3) is 2.21. The van der Waals surface area contributed by atoms with E-state index in [1.54, 1.807) is 0 Å². The van der Waals surface area contributed by atoms with Crippen LogP contribution in [0.25, 0.3) is 11.0 Å². The molecule has 108 valence electrons. The van der Waals surface area contributed by atoms with Crippen molar-refractivity contribution in [3.8, 4) is 0 Å². The third-order valence-electron chi connectivity index (χ3n) is 4.03. The fourth-order valence-corrected chi connectivity index (χ4v) is 2.99. The summed E-state index contributed by atoms with van der Waals surface area (Å²) in [5.74, 6) is 0. The van der Waals surface area contributed by atoms with Crippen LogP contribution in [-0.4, -0.2) is 6.54 Å². The summed E-state index contributed by atoms with van der Waals surface area (Å²) >= 11 is 0. The maximum Gasteiger partial charge on any atom is 0.339 e. The first-order chi connectivity index (χ1) is 9.54. The van der Waals surface area contributed by atoms with Gasteiger partial charge < -0.3 is 9.73 Å². The van der Waals surface area contributed by atoms with Gasteiger partial charge in [0.2, 0.25) is 0 Å². The number of fused-ring (bicyclic) bond motifs is 1. The molecule has 0 radical (unpaired) electrons. The Hall–Kier alpha value is -1.77. The van der Waals surface area contributed by atoms with Crippen LogP contribution < -0.4 is 10.9 Å². The second kappa shape index (κ2) is 5.70. The molecule has 1 N–H and O–H groups in total. The van der Waals surface area contributed by atoms with Gasteiger partial charge in [0.1, 0.15) is 5.58 Å². The van der Waals surface area contributed by atoms with Gasteiger partial charge >= 0.3 is 5.63 Å². The Balaban J connectivity index is 2.92. The maximum atomic E-state index is 12.1. The van der Waals surface area contributed by atoms with E-state index in [1.807, 2.05) is 19.9 Å². The highest BCUT2D eigenvalue weighted by molar-refractivity contribution is 5.89. The van der Waals surface area contributed by atoms with Gasteiger partial charge in [0, 0.05) is 29.2 Å². The Morgan fingerprint density at radius 1 is 1.05 bits per heavy atom. The van der Waals surface area contributed by atoms with Crippen LogP contribution in [0.1, 0.15) is 43.0 Å². The molecule has 0 unspecified atom stereocenters. The summed E-state index contributed by atoms with van der Waals surface area (Å²) < 4.78 is 5.55. The van der Waals surface area contributed by atoms with E-state index in [-0.39, 0.29) is 5.63 Å². The molecule has 1 aromatic carbocycles. The van der Waals surface area contributed by atoms with E-state index in [2.05, 4.69) is 26.1 Å². The highest BCUT2D eigenvalue weighted by Crippen LogP contribution is 2.31. The van der Waals surface area contributed by atoms with E-state index in [1.165, 1.54) is 11.1 Å². The average Bonchev–Trinajstić information content (AvgIpc) is 2.41. The third-order valence-corrected chi connectivity index (χ3v) is 4.03. The first-order valence-corrected chi connectivity index (χ1v) is 7.37. The zero-order valence-electron chi connectivity index (χ0n) is 13.0. The number of rotatable bonds is 4. The van der Waals surface area contributed by atoms with Crippen molar-refractivity contribution in [2.75, 3.05) is 11.9 Å². The molecule has 0 amide bonds. The molecule has 0 aliphatic heterocycles. The minimum absolute atomic E-state index is 0.203. The lowest BCUT2D eigenvalue weighted by Gasteiger charge is -2.16. The summed E-state index contributed by atoms with van der Waals surface area (Å²) in [6, 6.07) is 1.96. The van der Waals surface area contributed by atoms with Crippen molar-refractivity contribution in [1.29, 1.82) is 0 Å². The highest BCUT2D eigenvalue weighted by atomic mass is 16.4. The number of aryl methyl sites for hydroxylation is 2. The summed E-state index contributed by atoms with van der Waals surface area (Å²) in [6.07, 6.45) is 1.64. The normalized spacial score (nSPS) is 11.1. The second-order valence-electron chi connectivity index (χ2n) is 5.13. The van der Waals surface area contributed by atoms with Gasteiger partial charge in [0.15, 0.2) is 0 Å². The van der Waals surface area contributed by atoms with Crippen molar-refractivity contribution in [1.82, 2.24) is 0 Å². The van der Waals surface area contributed by atoms with Crippen LogP contribution in [0.15, 0.2) is 15.3 Å². The van der Waals surface area contributed by atoms with Gasteiger partial charge in [-0.1, -0.05) is 13.8 Å². The van der Waals surface area contributed by atoms with Crippen LogP contribution in [0.3, 0.4) is 0 Å². The lowest BCUT2D eigenvalue weighted by atomic mass is 9.94. The number of hydrogen-bond acceptors (Lipinski definition) is 3. The molecule has 0 spiro atoms. The van der Waals surface area contributed by atoms with Gasteiger partial charge in [-0.05, 0) is 50.3 Å². The number of nitrogens with one attached hydrogen (secondary N) is 1. The lowest BCUT2D eigenvalue weighted by Crippen LogP contribution is -2.11. The Kier molecular flexibility index (Phi) is 4.17. The van der Waals surface area contributed by atoms with Crippen LogP contribution in [0.2, 0.25) is 0 Å². The summed E-state index contributed by atoms with van der Waals surface area (Å²) in [5, 5.41) is 4.46. The van der Waals surface area contributed by atoms with Gasteiger partial charge in [-0.3, -0.25) is 0 Å². The van der Waals surface area contributed by atoms with Crippen molar-refractivity contribution in [3.05, 3.63) is 38.7 Å². The van der Waals surface area contributed by atoms with Crippen LogP contribution in [0.5, 0.6) is 0 Å². The molecule has 0 fully saturated rings. The molecule has 1 heterocycles. The molecule has 0 saturated carbocycles. The molecule has 3 nitrogen and oxygen atoms in total. The molecule has 20 heavy (non-hydrogen) atoms. The Morgan fingerprint density at radius 2 is 1.70 bits per heavy atom. The van der Waals surface area contributed by atoms with E-state index in [0.29, 0.717) is 12.0 Å². The predicted molar refractivity (Wildman–Crippen MR) is 84.9 cm³/mol. The van der Waals surface area contributed by atoms with Gasteiger partial charge in [0.05, 0.1) is 0 Å². The topological polar surface area (TPSA) is 42.2 Å².